The number of nitrogens with one attached hydrogen (secondary N) is 2. The second-order valence-corrected chi connectivity index (χ2v) is 7.01. The zero-order chi connectivity index (χ0) is 22.1. The average molecular weight is 428 g/mol. The molecule has 1 saturated heterocycles. The quantitative estimate of drug-likeness (QED) is 0.426. The first-order valence-corrected chi connectivity index (χ1v) is 8.92. The Morgan fingerprint density at radius 3 is 2.53 bits per heavy atom. The summed E-state index contributed by atoms with van der Waals surface area (Å²) in [5.41, 5.74) is -0.744. The lowest BCUT2D eigenvalue weighted by Crippen LogP contribution is -2.42. The van der Waals surface area contributed by atoms with Crippen molar-refractivity contribution in [3.8, 4) is 6.07 Å². The maximum Gasteiger partial charge on any atom is 0.325 e. The van der Waals surface area contributed by atoms with Gasteiger partial charge < -0.3 is 10.6 Å². The Balaban J connectivity index is 1.74. The van der Waals surface area contributed by atoms with Crippen LogP contribution < -0.4 is 10.6 Å². The maximum absolute atomic E-state index is 12.9. The Bertz CT molecular complexity index is 1110. The molecule has 11 heteroatoms. The van der Waals surface area contributed by atoms with Crippen molar-refractivity contribution in [3.63, 3.8) is 0 Å². The molecule has 2 N–H and O–H groups in total. The number of non-ortho nitro benzene ring substituents is 1. The summed E-state index contributed by atoms with van der Waals surface area (Å²) < 4.78 is 0. The van der Waals surface area contributed by atoms with Crippen LogP contribution in [0, 0.1) is 21.4 Å². The minimum atomic E-state index is -1.47. The van der Waals surface area contributed by atoms with Crippen LogP contribution in [-0.4, -0.2) is 34.2 Å². The lowest BCUT2D eigenvalue weighted by Gasteiger charge is -2.22. The molecule has 0 radical (unpaired) electrons. The van der Waals surface area contributed by atoms with Crippen molar-refractivity contribution in [2.45, 2.75) is 12.5 Å². The molecule has 4 amide bonds. The number of carbonyl (C=O) groups is 3. The highest BCUT2D eigenvalue weighted by atomic mass is 35.5. The van der Waals surface area contributed by atoms with E-state index in [4.69, 9.17) is 16.9 Å². The minimum absolute atomic E-state index is 0.149. The second kappa shape index (κ2) is 7.81. The number of carbonyl (C=O) groups excluding carboxylic acids is 3. The molecular weight excluding hydrogens is 414 g/mol. The predicted molar refractivity (Wildman–Crippen MR) is 105 cm³/mol. The van der Waals surface area contributed by atoms with Crippen LogP contribution >= 0.6 is 11.6 Å². The van der Waals surface area contributed by atoms with E-state index in [2.05, 4.69) is 10.6 Å². The van der Waals surface area contributed by atoms with Gasteiger partial charge in [0.15, 0.2) is 0 Å². The van der Waals surface area contributed by atoms with Gasteiger partial charge in [-0.1, -0.05) is 11.6 Å². The molecule has 152 valence electrons. The summed E-state index contributed by atoms with van der Waals surface area (Å²) in [6, 6.07) is 10.6. The summed E-state index contributed by atoms with van der Waals surface area (Å²) >= 11 is 5.92. The van der Waals surface area contributed by atoms with Crippen LogP contribution in [-0.2, 0) is 15.1 Å². The Kier molecular flexibility index (Phi) is 5.40. The van der Waals surface area contributed by atoms with Gasteiger partial charge in [0.25, 0.3) is 11.6 Å². The van der Waals surface area contributed by atoms with E-state index in [1.165, 1.54) is 49.4 Å². The number of nitriles is 1. The number of imide groups is 1. The Labute approximate surface area is 175 Å². The summed E-state index contributed by atoms with van der Waals surface area (Å²) in [6.07, 6.45) is 0. The zero-order valence-corrected chi connectivity index (χ0v) is 16.3. The molecule has 0 bridgehead atoms. The van der Waals surface area contributed by atoms with Crippen molar-refractivity contribution in [2.24, 2.45) is 0 Å². The van der Waals surface area contributed by atoms with Crippen LogP contribution in [0.25, 0.3) is 0 Å². The van der Waals surface area contributed by atoms with Crippen molar-refractivity contribution in [2.75, 3.05) is 11.9 Å². The first-order valence-electron chi connectivity index (χ1n) is 8.54. The van der Waals surface area contributed by atoms with E-state index in [9.17, 15) is 24.5 Å². The van der Waals surface area contributed by atoms with E-state index in [-0.39, 0.29) is 16.3 Å². The van der Waals surface area contributed by atoms with Gasteiger partial charge in [0.05, 0.1) is 15.5 Å². The summed E-state index contributed by atoms with van der Waals surface area (Å²) in [6.45, 7) is 0.900. The zero-order valence-electron chi connectivity index (χ0n) is 15.5. The number of anilines is 1. The highest BCUT2D eigenvalue weighted by Gasteiger charge is 2.49. The lowest BCUT2D eigenvalue weighted by atomic mass is 9.92. The molecule has 1 fully saturated rings. The number of nitro groups is 1. The number of rotatable bonds is 5. The number of hydrogen-bond donors (Lipinski definition) is 2. The van der Waals surface area contributed by atoms with E-state index < -0.39 is 34.9 Å². The molecule has 30 heavy (non-hydrogen) atoms. The summed E-state index contributed by atoms with van der Waals surface area (Å²) in [5.74, 6) is -1.32. The highest BCUT2D eigenvalue weighted by molar-refractivity contribution is 6.32. The maximum atomic E-state index is 12.9. The highest BCUT2D eigenvalue weighted by Crippen LogP contribution is 2.30. The molecule has 0 unspecified atom stereocenters. The Morgan fingerprint density at radius 1 is 1.30 bits per heavy atom. The molecule has 10 nitrogen and oxygen atoms in total. The van der Waals surface area contributed by atoms with Gasteiger partial charge in [0, 0.05) is 17.8 Å². The molecule has 0 spiro atoms. The first-order chi connectivity index (χ1) is 14.2. The van der Waals surface area contributed by atoms with Gasteiger partial charge >= 0.3 is 6.03 Å². The van der Waals surface area contributed by atoms with Crippen LogP contribution in [0.15, 0.2) is 42.5 Å². The summed E-state index contributed by atoms with van der Waals surface area (Å²) in [5, 5.41) is 24.9. The molecule has 3 rings (SSSR count). The third-order valence-corrected chi connectivity index (χ3v) is 4.92. The van der Waals surface area contributed by atoms with Crippen LogP contribution in [0.1, 0.15) is 18.1 Å². The summed E-state index contributed by atoms with van der Waals surface area (Å²) in [4.78, 5) is 48.5. The van der Waals surface area contributed by atoms with Crippen LogP contribution in [0.3, 0.4) is 0 Å². The van der Waals surface area contributed by atoms with E-state index in [0.717, 1.165) is 4.90 Å². The summed E-state index contributed by atoms with van der Waals surface area (Å²) in [7, 11) is 0. The number of benzene rings is 2. The second-order valence-electron chi connectivity index (χ2n) is 6.61. The van der Waals surface area contributed by atoms with Gasteiger partial charge in [0.1, 0.15) is 18.2 Å². The molecular formula is C19H14ClN5O5. The number of nitro benzene ring substituents is 1. The number of nitrogens with zero attached hydrogens (tertiary/aromatic N) is 3. The molecule has 2 aromatic carbocycles. The van der Waals surface area contributed by atoms with E-state index in [1.54, 1.807) is 0 Å². The standard InChI is InChI=1S/C19H14ClN5O5/c1-19(12-3-6-14(7-4-12)25(29)30)17(27)24(18(28)23-19)10-16(26)22-13-5-2-11(9-21)15(20)8-13/h2-8H,10H2,1H3,(H,22,26)(H,23,28)/t19-/m1/s1. The van der Waals surface area contributed by atoms with Gasteiger partial charge in [-0.3, -0.25) is 24.6 Å². The molecule has 1 aliphatic rings. The van der Waals surface area contributed by atoms with Crippen LogP contribution in [0.4, 0.5) is 16.2 Å². The average Bonchev–Trinajstić information content (AvgIpc) is 2.92. The van der Waals surface area contributed by atoms with E-state index in [0.29, 0.717) is 11.3 Å². The monoisotopic (exact) mass is 427 g/mol. The smallest absolute Gasteiger partial charge is 0.324 e. The number of hydrogen-bond acceptors (Lipinski definition) is 6. The van der Waals surface area contributed by atoms with Crippen molar-refractivity contribution < 1.29 is 19.3 Å². The van der Waals surface area contributed by atoms with Crippen molar-refractivity contribution in [1.82, 2.24) is 10.2 Å². The molecule has 1 heterocycles. The third-order valence-electron chi connectivity index (χ3n) is 4.61. The number of halogens is 1. The predicted octanol–water partition coefficient (Wildman–Crippen LogP) is 2.53. The van der Waals surface area contributed by atoms with Crippen molar-refractivity contribution in [3.05, 3.63) is 68.7 Å². The van der Waals surface area contributed by atoms with E-state index in [1.807, 2.05) is 6.07 Å². The van der Waals surface area contributed by atoms with Crippen molar-refractivity contribution >= 4 is 40.8 Å². The molecule has 1 atom stereocenters. The molecule has 0 aromatic heterocycles. The molecule has 0 saturated carbocycles. The van der Waals surface area contributed by atoms with Gasteiger partial charge in [-0.2, -0.15) is 5.26 Å². The molecule has 0 aliphatic carbocycles. The lowest BCUT2D eigenvalue weighted by molar-refractivity contribution is -0.384. The number of urea groups is 1. The Morgan fingerprint density at radius 2 is 1.97 bits per heavy atom. The van der Waals surface area contributed by atoms with Crippen LogP contribution in [0.2, 0.25) is 5.02 Å². The molecule has 2 aromatic rings. The van der Waals surface area contributed by atoms with Gasteiger partial charge in [-0.25, -0.2) is 4.79 Å². The fourth-order valence-electron chi connectivity index (χ4n) is 2.98. The fourth-order valence-corrected chi connectivity index (χ4v) is 3.20. The normalized spacial score (nSPS) is 18.0. The van der Waals surface area contributed by atoms with Gasteiger partial charge in [-0.05, 0) is 42.8 Å². The number of amides is 4. The third kappa shape index (κ3) is 3.78. The van der Waals surface area contributed by atoms with Crippen LogP contribution in [0.5, 0.6) is 0 Å². The van der Waals surface area contributed by atoms with Gasteiger partial charge in [0.2, 0.25) is 5.91 Å². The minimum Gasteiger partial charge on any atom is -0.324 e. The SMILES string of the molecule is C[C@]1(c2ccc([N+](=O)[O-])cc2)NC(=O)N(CC(=O)Nc2ccc(C#N)c(Cl)c2)C1=O. The van der Waals surface area contributed by atoms with Crippen molar-refractivity contribution in [1.29, 1.82) is 5.26 Å². The van der Waals surface area contributed by atoms with E-state index >= 15 is 0 Å². The first kappa shape index (κ1) is 20.8. The fraction of sp³-hybridized carbons (Fsp3) is 0.158. The Hall–Kier alpha value is -3.97. The topological polar surface area (TPSA) is 145 Å². The molecule has 1 aliphatic heterocycles. The van der Waals surface area contributed by atoms with Gasteiger partial charge in [-0.15, -0.1) is 0 Å². The largest absolute Gasteiger partial charge is 0.325 e.